The first-order valence-corrected chi connectivity index (χ1v) is 8.46. The van der Waals surface area contributed by atoms with Crippen LogP contribution in [0.2, 0.25) is 0 Å². The normalized spacial score (nSPS) is 10.9. The van der Waals surface area contributed by atoms with Crippen LogP contribution in [-0.2, 0) is 11.3 Å². The van der Waals surface area contributed by atoms with Crippen molar-refractivity contribution >= 4 is 22.4 Å². The number of carbonyl (C=O) groups excluding carboxylic acids is 1. The molecule has 0 saturated carbocycles. The Morgan fingerprint density at radius 3 is 2.52 bits per heavy atom. The zero-order valence-electron chi connectivity index (χ0n) is 14.9. The molecule has 1 amide bonds. The Kier molecular flexibility index (Phi) is 5.70. The van der Waals surface area contributed by atoms with Gasteiger partial charge in [0.15, 0.2) is 0 Å². The summed E-state index contributed by atoms with van der Waals surface area (Å²) >= 11 is 0. The number of benzene rings is 3. The van der Waals surface area contributed by atoms with E-state index in [9.17, 15) is 10.1 Å². The van der Waals surface area contributed by atoms with Crippen molar-refractivity contribution in [3.8, 4) is 11.8 Å². The van der Waals surface area contributed by atoms with Gasteiger partial charge >= 0.3 is 0 Å². The maximum atomic E-state index is 12.2. The van der Waals surface area contributed by atoms with Gasteiger partial charge < -0.3 is 15.4 Å². The molecule has 0 unspecified atom stereocenters. The van der Waals surface area contributed by atoms with Crippen LogP contribution in [0.3, 0.4) is 0 Å². The molecule has 3 rings (SSSR count). The number of nitrogens with one attached hydrogen (secondary N) is 2. The number of ether oxygens (including phenoxy) is 1. The Bertz CT molecular complexity index is 1020. The van der Waals surface area contributed by atoms with Gasteiger partial charge in [-0.15, -0.1) is 0 Å². The molecule has 0 fully saturated rings. The highest BCUT2D eigenvalue weighted by molar-refractivity contribution is 5.97. The average molecular weight is 357 g/mol. The van der Waals surface area contributed by atoms with Gasteiger partial charge in [-0.3, -0.25) is 4.79 Å². The minimum Gasteiger partial charge on any atom is -0.497 e. The molecule has 0 aliphatic rings. The van der Waals surface area contributed by atoms with Crippen LogP contribution in [-0.4, -0.2) is 13.0 Å². The van der Waals surface area contributed by atoms with Crippen molar-refractivity contribution in [2.24, 2.45) is 0 Å². The van der Waals surface area contributed by atoms with E-state index in [2.05, 4.69) is 10.6 Å². The van der Waals surface area contributed by atoms with E-state index in [0.717, 1.165) is 27.8 Å². The van der Waals surface area contributed by atoms with Crippen LogP contribution in [0.5, 0.6) is 5.75 Å². The number of carbonyl (C=O) groups is 1. The van der Waals surface area contributed by atoms with Crippen LogP contribution in [0, 0.1) is 11.3 Å². The third kappa shape index (κ3) is 4.65. The molecular weight excluding hydrogens is 338 g/mol. The minimum absolute atomic E-state index is 0.0108. The maximum Gasteiger partial charge on any atom is 0.263 e. The second-order valence-corrected chi connectivity index (χ2v) is 5.91. The van der Waals surface area contributed by atoms with Crippen LogP contribution < -0.4 is 15.4 Å². The van der Waals surface area contributed by atoms with E-state index in [-0.39, 0.29) is 5.57 Å². The first-order chi connectivity index (χ1) is 13.2. The summed E-state index contributed by atoms with van der Waals surface area (Å²) in [5.74, 6) is 0.323. The fourth-order valence-corrected chi connectivity index (χ4v) is 2.60. The van der Waals surface area contributed by atoms with E-state index in [1.54, 1.807) is 7.11 Å². The van der Waals surface area contributed by atoms with E-state index in [0.29, 0.717) is 6.54 Å². The summed E-state index contributed by atoms with van der Waals surface area (Å²) in [6.45, 7) is 0.331. The molecule has 0 saturated heterocycles. The number of anilines is 1. The minimum atomic E-state index is -0.429. The first kappa shape index (κ1) is 18.0. The fraction of sp³-hybridized carbons (Fsp3) is 0.0909. The predicted molar refractivity (Wildman–Crippen MR) is 106 cm³/mol. The monoisotopic (exact) mass is 357 g/mol. The molecule has 0 aromatic heterocycles. The van der Waals surface area contributed by atoms with Gasteiger partial charge in [0.1, 0.15) is 17.4 Å². The van der Waals surface area contributed by atoms with E-state index in [1.807, 2.05) is 72.8 Å². The molecule has 5 nitrogen and oxygen atoms in total. The van der Waals surface area contributed by atoms with Crippen LogP contribution in [0.15, 0.2) is 78.5 Å². The Hall–Kier alpha value is -3.78. The number of hydrogen-bond acceptors (Lipinski definition) is 4. The van der Waals surface area contributed by atoms with E-state index < -0.39 is 5.91 Å². The van der Waals surface area contributed by atoms with Crippen molar-refractivity contribution in [2.75, 3.05) is 12.4 Å². The molecular formula is C22H19N3O2. The zero-order valence-corrected chi connectivity index (χ0v) is 14.9. The van der Waals surface area contributed by atoms with Crippen LogP contribution in [0.1, 0.15) is 5.56 Å². The quantitative estimate of drug-likeness (QED) is 0.517. The molecule has 27 heavy (non-hydrogen) atoms. The summed E-state index contributed by atoms with van der Waals surface area (Å²) in [5, 5.41) is 17.3. The number of methoxy groups -OCH3 is 1. The van der Waals surface area contributed by atoms with Crippen molar-refractivity contribution in [1.29, 1.82) is 5.26 Å². The predicted octanol–water partition coefficient (Wildman–Crippen LogP) is 3.98. The summed E-state index contributed by atoms with van der Waals surface area (Å²) in [6, 6.07) is 23.2. The molecule has 5 heteroatoms. The molecule has 0 aliphatic carbocycles. The highest BCUT2D eigenvalue weighted by atomic mass is 16.5. The van der Waals surface area contributed by atoms with Gasteiger partial charge in [0.25, 0.3) is 5.91 Å². The smallest absolute Gasteiger partial charge is 0.263 e. The van der Waals surface area contributed by atoms with Crippen molar-refractivity contribution in [3.63, 3.8) is 0 Å². The molecule has 3 aromatic rings. The van der Waals surface area contributed by atoms with Crippen molar-refractivity contribution in [2.45, 2.75) is 6.54 Å². The Labute approximate surface area is 157 Å². The SMILES string of the molecule is COc1ccc(CNC(=O)/C(C#N)=C\Nc2ccc3ccccc3c2)cc1. The fourth-order valence-electron chi connectivity index (χ4n) is 2.60. The Balaban J connectivity index is 1.63. The lowest BCUT2D eigenvalue weighted by atomic mass is 10.1. The van der Waals surface area contributed by atoms with Gasteiger partial charge in [-0.05, 0) is 40.6 Å². The lowest BCUT2D eigenvalue weighted by Crippen LogP contribution is -2.24. The number of fused-ring (bicyclic) bond motifs is 1. The van der Waals surface area contributed by atoms with Crippen LogP contribution in [0.25, 0.3) is 10.8 Å². The van der Waals surface area contributed by atoms with E-state index in [4.69, 9.17) is 4.74 Å². The number of amides is 1. The van der Waals surface area contributed by atoms with Gasteiger partial charge in [0, 0.05) is 18.4 Å². The van der Waals surface area contributed by atoms with Gasteiger partial charge in [-0.2, -0.15) is 5.26 Å². The Morgan fingerprint density at radius 1 is 1.07 bits per heavy atom. The summed E-state index contributed by atoms with van der Waals surface area (Å²) < 4.78 is 5.10. The average Bonchev–Trinajstić information content (AvgIpc) is 2.73. The van der Waals surface area contributed by atoms with Crippen molar-refractivity contribution in [1.82, 2.24) is 5.32 Å². The molecule has 0 spiro atoms. The molecule has 0 aliphatic heterocycles. The summed E-state index contributed by atoms with van der Waals surface area (Å²) in [4.78, 5) is 12.2. The van der Waals surface area contributed by atoms with Crippen LogP contribution >= 0.6 is 0 Å². The molecule has 0 bridgehead atoms. The number of hydrogen-bond donors (Lipinski definition) is 2. The topological polar surface area (TPSA) is 74.1 Å². The van der Waals surface area contributed by atoms with Gasteiger partial charge in [-0.25, -0.2) is 0 Å². The van der Waals surface area contributed by atoms with Crippen molar-refractivity contribution < 1.29 is 9.53 Å². The van der Waals surface area contributed by atoms with Gasteiger partial charge in [0.05, 0.1) is 7.11 Å². The molecule has 0 radical (unpaired) electrons. The van der Waals surface area contributed by atoms with Gasteiger partial charge in [0.2, 0.25) is 0 Å². The molecule has 3 aromatic carbocycles. The highest BCUT2D eigenvalue weighted by Crippen LogP contribution is 2.19. The van der Waals surface area contributed by atoms with Crippen LogP contribution in [0.4, 0.5) is 5.69 Å². The zero-order chi connectivity index (χ0) is 19.1. The number of nitrogens with zero attached hydrogens (tertiary/aromatic N) is 1. The molecule has 134 valence electrons. The van der Waals surface area contributed by atoms with E-state index in [1.165, 1.54) is 6.20 Å². The Morgan fingerprint density at radius 2 is 1.81 bits per heavy atom. The molecule has 0 atom stereocenters. The van der Waals surface area contributed by atoms with Crippen molar-refractivity contribution in [3.05, 3.63) is 84.1 Å². The lowest BCUT2D eigenvalue weighted by Gasteiger charge is -2.07. The number of rotatable bonds is 6. The molecule has 2 N–H and O–H groups in total. The third-order valence-electron chi connectivity index (χ3n) is 4.11. The standard InChI is InChI=1S/C22H19N3O2/c1-27-21-10-6-16(7-11-21)14-25-22(26)19(13-23)15-24-20-9-8-17-4-2-3-5-18(17)12-20/h2-12,15,24H,14H2,1H3,(H,25,26)/b19-15-. The molecule has 0 heterocycles. The third-order valence-corrected chi connectivity index (χ3v) is 4.11. The van der Waals surface area contributed by atoms with E-state index >= 15 is 0 Å². The van der Waals surface area contributed by atoms with Gasteiger partial charge in [-0.1, -0.05) is 42.5 Å². The lowest BCUT2D eigenvalue weighted by molar-refractivity contribution is -0.117. The summed E-state index contributed by atoms with van der Waals surface area (Å²) in [7, 11) is 1.60. The summed E-state index contributed by atoms with van der Waals surface area (Å²) in [5.41, 5.74) is 1.74. The second-order valence-electron chi connectivity index (χ2n) is 5.91. The number of nitriles is 1. The maximum absolute atomic E-state index is 12.2. The largest absolute Gasteiger partial charge is 0.497 e. The highest BCUT2D eigenvalue weighted by Gasteiger charge is 2.08. The first-order valence-electron chi connectivity index (χ1n) is 8.46. The second kappa shape index (κ2) is 8.54. The summed E-state index contributed by atoms with van der Waals surface area (Å²) in [6.07, 6.45) is 1.42.